The normalized spacial score (nSPS) is 14.5. The third kappa shape index (κ3) is 3.45. The fourth-order valence-corrected chi connectivity index (χ4v) is 2.16. The first-order valence-corrected chi connectivity index (χ1v) is 7.02. The summed E-state index contributed by atoms with van der Waals surface area (Å²) >= 11 is 0. The number of carbonyl (C=O) groups is 2. The van der Waals surface area contributed by atoms with Crippen LogP contribution in [0.3, 0.4) is 0 Å². The van der Waals surface area contributed by atoms with E-state index in [9.17, 15) is 9.59 Å². The number of rotatable bonds is 5. The van der Waals surface area contributed by atoms with Crippen LogP contribution in [0.15, 0.2) is 24.3 Å². The van der Waals surface area contributed by atoms with Crippen LogP contribution in [-0.4, -0.2) is 62.1 Å². The lowest BCUT2D eigenvalue weighted by Gasteiger charge is -2.20. The Bertz CT molecular complexity index is 513. The first kappa shape index (κ1) is 15.2. The Hall–Kier alpha value is -2.24. The molecule has 1 aromatic rings. The smallest absolute Gasteiger partial charge is 0.325 e. The lowest BCUT2D eigenvalue weighted by molar-refractivity contribution is -0.129. The van der Waals surface area contributed by atoms with Gasteiger partial charge in [0, 0.05) is 32.9 Å². The molecule has 6 heteroatoms. The zero-order valence-electron chi connectivity index (χ0n) is 12.7. The number of ether oxygens (including phenoxy) is 1. The standard InChI is InChI=1S/C15H21N3O3/c1-4-21-13-7-5-12(6-8-13)18-10-9-17(15(18)20)11-14(19)16(2)3/h5-8H,4,9-11H2,1-3H3. The van der Waals surface area contributed by atoms with Crippen molar-refractivity contribution in [2.45, 2.75) is 6.92 Å². The predicted molar refractivity (Wildman–Crippen MR) is 80.6 cm³/mol. The van der Waals surface area contributed by atoms with Gasteiger partial charge in [0.05, 0.1) is 6.61 Å². The third-order valence-electron chi connectivity index (χ3n) is 3.38. The first-order chi connectivity index (χ1) is 10.0. The highest BCUT2D eigenvalue weighted by atomic mass is 16.5. The highest BCUT2D eigenvalue weighted by Crippen LogP contribution is 2.23. The van der Waals surface area contributed by atoms with Gasteiger partial charge in [0.15, 0.2) is 0 Å². The van der Waals surface area contributed by atoms with E-state index in [1.54, 1.807) is 23.9 Å². The number of amides is 3. The maximum absolute atomic E-state index is 12.3. The van der Waals surface area contributed by atoms with E-state index in [1.165, 1.54) is 4.90 Å². The Kier molecular flexibility index (Phi) is 4.67. The second-order valence-electron chi connectivity index (χ2n) is 5.07. The summed E-state index contributed by atoms with van der Waals surface area (Å²) in [6, 6.07) is 7.29. The van der Waals surface area contributed by atoms with Crippen LogP contribution in [0.25, 0.3) is 0 Å². The number of urea groups is 1. The second kappa shape index (κ2) is 6.47. The molecule has 1 aromatic carbocycles. The minimum Gasteiger partial charge on any atom is -0.494 e. The molecular weight excluding hydrogens is 270 g/mol. The highest BCUT2D eigenvalue weighted by molar-refractivity contribution is 5.96. The first-order valence-electron chi connectivity index (χ1n) is 7.02. The second-order valence-corrected chi connectivity index (χ2v) is 5.07. The van der Waals surface area contributed by atoms with Crippen molar-refractivity contribution in [2.24, 2.45) is 0 Å². The topological polar surface area (TPSA) is 53.1 Å². The van der Waals surface area contributed by atoms with E-state index in [4.69, 9.17) is 4.74 Å². The molecule has 0 atom stereocenters. The Morgan fingerprint density at radius 1 is 1.24 bits per heavy atom. The molecule has 114 valence electrons. The summed E-state index contributed by atoms with van der Waals surface area (Å²) in [6.07, 6.45) is 0. The molecule has 0 saturated carbocycles. The molecule has 0 aromatic heterocycles. The van der Waals surface area contributed by atoms with E-state index >= 15 is 0 Å². The molecule has 1 aliphatic heterocycles. The van der Waals surface area contributed by atoms with E-state index in [0.717, 1.165) is 11.4 Å². The molecule has 2 rings (SSSR count). The van der Waals surface area contributed by atoms with Gasteiger partial charge in [-0.25, -0.2) is 4.79 Å². The summed E-state index contributed by atoms with van der Waals surface area (Å²) in [5.41, 5.74) is 0.822. The molecule has 21 heavy (non-hydrogen) atoms. The fraction of sp³-hybridized carbons (Fsp3) is 0.467. The van der Waals surface area contributed by atoms with E-state index in [0.29, 0.717) is 19.7 Å². The molecule has 0 radical (unpaired) electrons. The van der Waals surface area contributed by atoms with E-state index in [-0.39, 0.29) is 18.5 Å². The molecule has 6 nitrogen and oxygen atoms in total. The van der Waals surface area contributed by atoms with Gasteiger partial charge in [0.25, 0.3) is 0 Å². The summed E-state index contributed by atoms with van der Waals surface area (Å²) in [4.78, 5) is 28.8. The van der Waals surface area contributed by atoms with Crippen LogP contribution in [0, 0.1) is 0 Å². The van der Waals surface area contributed by atoms with Crippen molar-refractivity contribution < 1.29 is 14.3 Å². The van der Waals surface area contributed by atoms with Crippen LogP contribution in [0.2, 0.25) is 0 Å². The summed E-state index contributed by atoms with van der Waals surface area (Å²) in [7, 11) is 3.38. The zero-order valence-corrected chi connectivity index (χ0v) is 12.7. The quantitative estimate of drug-likeness (QED) is 0.824. The van der Waals surface area contributed by atoms with Gasteiger partial charge in [-0.2, -0.15) is 0 Å². The molecule has 0 aliphatic carbocycles. The molecule has 0 N–H and O–H groups in total. The largest absolute Gasteiger partial charge is 0.494 e. The van der Waals surface area contributed by atoms with Crippen LogP contribution in [0.4, 0.5) is 10.5 Å². The Balaban J connectivity index is 2.02. The van der Waals surface area contributed by atoms with Crippen LogP contribution < -0.4 is 9.64 Å². The number of carbonyl (C=O) groups excluding carboxylic acids is 2. The van der Waals surface area contributed by atoms with Gasteiger partial charge < -0.3 is 14.5 Å². The maximum Gasteiger partial charge on any atom is 0.325 e. The van der Waals surface area contributed by atoms with Gasteiger partial charge in [-0.3, -0.25) is 9.69 Å². The monoisotopic (exact) mass is 291 g/mol. The maximum atomic E-state index is 12.3. The molecule has 0 spiro atoms. The number of likely N-dealkylation sites (N-methyl/N-ethyl adjacent to an activating group) is 1. The summed E-state index contributed by atoms with van der Waals surface area (Å²) in [5, 5.41) is 0. The molecule has 1 aliphatic rings. The van der Waals surface area contributed by atoms with Crippen LogP contribution in [-0.2, 0) is 4.79 Å². The zero-order chi connectivity index (χ0) is 15.4. The summed E-state index contributed by atoms with van der Waals surface area (Å²) in [6.45, 7) is 3.82. The van der Waals surface area contributed by atoms with Crippen molar-refractivity contribution in [3.63, 3.8) is 0 Å². The third-order valence-corrected chi connectivity index (χ3v) is 3.38. The molecule has 0 bridgehead atoms. The van der Waals surface area contributed by atoms with Crippen LogP contribution in [0.1, 0.15) is 6.92 Å². The Morgan fingerprint density at radius 3 is 2.48 bits per heavy atom. The van der Waals surface area contributed by atoms with Gasteiger partial charge in [-0.05, 0) is 31.2 Å². The lowest BCUT2D eigenvalue weighted by Crippen LogP contribution is -2.39. The summed E-state index contributed by atoms with van der Waals surface area (Å²) in [5.74, 6) is 0.712. The SMILES string of the molecule is CCOc1ccc(N2CCN(CC(=O)N(C)C)C2=O)cc1. The Labute approximate surface area is 124 Å². The molecule has 0 unspecified atom stereocenters. The van der Waals surface area contributed by atoms with Crippen LogP contribution >= 0.6 is 0 Å². The number of hydrogen-bond acceptors (Lipinski definition) is 3. The van der Waals surface area contributed by atoms with Gasteiger partial charge in [-0.1, -0.05) is 0 Å². The molecule has 3 amide bonds. The minimum atomic E-state index is -0.130. The van der Waals surface area contributed by atoms with Crippen molar-refractivity contribution in [3.05, 3.63) is 24.3 Å². The van der Waals surface area contributed by atoms with Gasteiger partial charge >= 0.3 is 6.03 Å². The van der Waals surface area contributed by atoms with Gasteiger partial charge in [-0.15, -0.1) is 0 Å². The van der Waals surface area contributed by atoms with Crippen molar-refractivity contribution in [1.82, 2.24) is 9.80 Å². The number of benzene rings is 1. The van der Waals surface area contributed by atoms with Gasteiger partial charge in [0.2, 0.25) is 5.91 Å². The highest BCUT2D eigenvalue weighted by Gasteiger charge is 2.31. The molecule has 1 fully saturated rings. The van der Waals surface area contributed by atoms with Crippen LogP contribution in [0.5, 0.6) is 5.75 Å². The van der Waals surface area contributed by atoms with E-state index in [2.05, 4.69) is 0 Å². The average Bonchev–Trinajstić information content (AvgIpc) is 2.81. The molecular formula is C15H21N3O3. The van der Waals surface area contributed by atoms with Crippen molar-refractivity contribution >= 4 is 17.6 Å². The van der Waals surface area contributed by atoms with E-state index < -0.39 is 0 Å². The van der Waals surface area contributed by atoms with Crippen molar-refractivity contribution in [1.29, 1.82) is 0 Å². The van der Waals surface area contributed by atoms with E-state index in [1.807, 2.05) is 31.2 Å². The number of anilines is 1. The lowest BCUT2D eigenvalue weighted by atomic mass is 10.3. The van der Waals surface area contributed by atoms with Gasteiger partial charge in [0.1, 0.15) is 12.3 Å². The van der Waals surface area contributed by atoms with Crippen molar-refractivity contribution in [2.75, 3.05) is 45.2 Å². The summed E-state index contributed by atoms with van der Waals surface area (Å²) < 4.78 is 5.39. The molecule has 1 heterocycles. The fourth-order valence-electron chi connectivity index (χ4n) is 2.16. The average molecular weight is 291 g/mol. The number of hydrogen-bond donors (Lipinski definition) is 0. The number of nitrogens with zero attached hydrogens (tertiary/aromatic N) is 3. The minimum absolute atomic E-state index is 0.0723. The Morgan fingerprint density at radius 2 is 1.90 bits per heavy atom. The predicted octanol–water partition coefficient (Wildman–Crippen LogP) is 1.42. The van der Waals surface area contributed by atoms with Crippen molar-refractivity contribution in [3.8, 4) is 5.75 Å². The molecule has 1 saturated heterocycles.